The smallest absolute Gasteiger partial charge is 0.199 e. The Balaban J connectivity index is 1.76. The summed E-state index contributed by atoms with van der Waals surface area (Å²) in [5, 5.41) is 20.8. The van der Waals surface area contributed by atoms with Crippen molar-refractivity contribution in [2.75, 3.05) is 6.54 Å². The number of aromatic hydroxyl groups is 2. The summed E-state index contributed by atoms with van der Waals surface area (Å²) in [5.41, 5.74) is 3.64. The summed E-state index contributed by atoms with van der Waals surface area (Å²) >= 11 is 0. The van der Waals surface area contributed by atoms with Gasteiger partial charge in [0.15, 0.2) is 11.8 Å². The zero-order valence-corrected chi connectivity index (χ0v) is 13.4. The Hall–Kier alpha value is -2.27. The zero-order chi connectivity index (χ0) is 16.1. The van der Waals surface area contributed by atoms with Gasteiger partial charge in [-0.2, -0.15) is 0 Å². The first-order chi connectivity index (χ1) is 11.1. The molecule has 1 fully saturated rings. The summed E-state index contributed by atoms with van der Waals surface area (Å²) in [4.78, 5) is 6.86. The van der Waals surface area contributed by atoms with Crippen LogP contribution >= 0.6 is 0 Å². The van der Waals surface area contributed by atoms with Gasteiger partial charge in [-0.15, -0.1) is 0 Å². The molecule has 1 saturated heterocycles. The summed E-state index contributed by atoms with van der Waals surface area (Å²) in [7, 11) is 1.70. The van der Waals surface area contributed by atoms with Crippen LogP contribution in [0.15, 0.2) is 24.3 Å². The molecule has 0 bridgehead atoms. The molecule has 2 aromatic heterocycles. The van der Waals surface area contributed by atoms with Gasteiger partial charge in [-0.25, -0.2) is 0 Å². The van der Waals surface area contributed by atoms with Gasteiger partial charge in [-0.1, -0.05) is 12.1 Å². The van der Waals surface area contributed by atoms with E-state index < -0.39 is 0 Å². The van der Waals surface area contributed by atoms with Crippen LogP contribution in [0, 0.1) is 6.92 Å². The first-order valence-corrected chi connectivity index (χ1v) is 8.06. The Bertz CT molecular complexity index is 794. The Morgan fingerprint density at radius 3 is 2.78 bits per heavy atom. The summed E-state index contributed by atoms with van der Waals surface area (Å²) in [6.45, 7) is 2.96. The SMILES string of the molecule is Cc1cccc(C=CC2c3c(c(O)n(C)c3O)C3CCCN23)n1. The van der Waals surface area contributed by atoms with Crippen LogP contribution in [0.25, 0.3) is 6.08 Å². The van der Waals surface area contributed by atoms with E-state index in [1.54, 1.807) is 7.05 Å². The highest BCUT2D eigenvalue weighted by atomic mass is 16.3. The first-order valence-electron chi connectivity index (χ1n) is 8.06. The number of aromatic nitrogens is 2. The highest BCUT2D eigenvalue weighted by molar-refractivity contribution is 5.57. The zero-order valence-electron chi connectivity index (χ0n) is 13.4. The molecule has 0 aliphatic carbocycles. The third kappa shape index (κ3) is 2.07. The minimum atomic E-state index is -0.00749. The third-order valence-electron chi connectivity index (χ3n) is 5.05. The molecule has 120 valence electrons. The van der Waals surface area contributed by atoms with Gasteiger partial charge in [-0.3, -0.25) is 14.5 Å². The van der Waals surface area contributed by atoms with Crippen LogP contribution in [0.3, 0.4) is 0 Å². The average molecular weight is 311 g/mol. The van der Waals surface area contributed by atoms with Crippen molar-refractivity contribution in [3.63, 3.8) is 0 Å². The molecule has 5 heteroatoms. The summed E-state index contributed by atoms with van der Waals surface area (Å²) in [6, 6.07) is 6.14. The lowest BCUT2D eigenvalue weighted by atomic mass is 10.0. The second-order valence-corrected chi connectivity index (χ2v) is 6.44. The molecule has 23 heavy (non-hydrogen) atoms. The highest BCUT2D eigenvalue weighted by Gasteiger charge is 2.45. The fourth-order valence-corrected chi connectivity index (χ4v) is 3.97. The lowest BCUT2D eigenvalue weighted by Crippen LogP contribution is -2.20. The first kappa shape index (κ1) is 14.3. The second kappa shape index (κ2) is 5.13. The van der Waals surface area contributed by atoms with E-state index >= 15 is 0 Å². The van der Waals surface area contributed by atoms with Crippen LogP contribution < -0.4 is 0 Å². The number of aryl methyl sites for hydroxylation is 1. The van der Waals surface area contributed by atoms with E-state index in [0.717, 1.165) is 41.9 Å². The van der Waals surface area contributed by atoms with Gasteiger partial charge in [0.1, 0.15) is 0 Å². The molecule has 2 N–H and O–H groups in total. The maximum atomic E-state index is 10.4. The van der Waals surface area contributed by atoms with Crippen molar-refractivity contribution in [2.45, 2.75) is 31.8 Å². The van der Waals surface area contributed by atoms with Crippen molar-refractivity contribution in [1.82, 2.24) is 14.5 Å². The average Bonchev–Trinajstić information content (AvgIpc) is 3.16. The Morgan fingerprint density at radius 1 is 1.22 bits per heavy atom. The number of pyridine rings is 1. The molecule has 0 saturated carbocycles. The van der Waals surface area contributed by atoms with E-state index in [9.17, 15) is 10.2 Å². The minimum absolute atomic E-state index is 0.00749. The molecule has 5 nitrogen and oxygen atoms in total. The fraction of sp³-hybridized carbons (Fsp3) is 0.389. The van der Waals surface area contributed by atoms with Crippen LogP contribution in [-0.2, 0) is 7.05 Å². The predicted octanol–water partition coefficient (Wildman–Crippen LogP) is 3.04. The number of hydrogen-bond acceptors (Lipinski definition) is 4. The lowest BCUT2D eigenvalue weighted by molar-refractivity contribution is 0.237. The molecule has 4 rings (SSSR count). The van der Waals surface area contributed by atoms with E-state index in [2.05, 4.69) is 16.0 Å². The van der Waals surface area contributed by atoms with Gasteiger partial charge < -0.3 is 10.2 Å². The molecule has 0 radical (unpaired) electrons. The summed E-state index contributed by atoms with van der Waals surface area (Å²) < 4.78 is 1.48. The summed E-state index contributed by atoms with van der Waals surface area (Å²) in [5.74, 6) is 0.359. The van der Waals surface area contributed by atoms with Gasteiger partial charge in [0.25, 0.3) is 0 Å². The van der Waals surface area contributed by atoms with E-state index in [0.29, 0.717) is 0 Å². The van der Waals surface area contributed by atoms with Crippen LogP contribution in [-0.4, -0.2) is 31.2 Å². The molecule has 0 amide bonds. The molecular weight excluding hydrogens is 290 g/mol. The molecule has 0 spiro atoms. The number of nitrogens with zero attached hydrogens (tertiary/aromatic N) is 3. The van der Waals surface area contributed by atoms with Gasteiger partial charge >= 0.3 is 0 Å². The number of fused-ring (bicyclic) bond motifs is 3. The van der Waals surface area contributed by atoms with Crippen molar-refractivity contribution in [3.8, 4) is 11.8 Å². The van der Waals surface area contributed by atoms with Crippen LogP contribution in [0.5, 0.6) is 11.8 Å². The highest BCUT2D eigenvalue weighted by Crippen LogP contribution is 2.55. The minimum Gasteiger partial charge on any atom is -0.494 e. The van der Waals surface area contributed by atoms with E-state index in [1.807, 2.05) is 31.2 Å². The van der Waals surface area contributed by atoms with E-state index in [1.165, 1.54) is 4.57 Å². The molecular formula is C18H21N3O2. The quantitative estimate of drug-likeness (QED) is 0.895. The Morgan fingerprint density at radius 2 is 2.00 bits per heavy atom. The Labute approximate surface area is 135 Å². The normalized spacial score (nSPS) is 23.6. The second-order valence-electron chi connectivity index (χ2n) is 6.44. The summed E-state index contributed by atoms with van der Waals surface area (Å²) in [6.07, 6.45) is 6.24. The Kier molecular flexibility index (Phi) is 3.20. The largest absolute Gasteiger partial charge is 0.494 e. The van der Waals surface area contributed by atoms with E-state index in [4.69, 9.17) is 0 Å². The topological polar surface area (TPSA) is 61.5 Å². The monoisotopic (exact) mass is 311 g/mol. The maximum Gasteiger partial charge on any atom is 0.199 e. The fourth-order valence-electron chi connectivity index (χ4n) is 3.97. The molecule has 4 heterocycles. The third-order valence-corrected chi connectivity index (χ3v) is 5.05. The molecule has 2 aliphatic heterocycles. The van der Waals surface area contributed by atoms with Crippen LogP contribution in [0.2, 0.25) is 0 Å². The van der Waals surface area contributed by atoms with Crippen molar-refractivity contribution < 1.29 is 10.2 Å². The number of rotatable bonds is 2. The van der Waals surface area contributed by atoms with Gasteiger partial charge in [0.05, 0.1) is 11.7 Å². The number of hydrogen-bond donors (Lipinski definition) is 2. The van der Waals surface area contributed by atoms with Gasteiger partial charge in [-0.05, 0) is 44.5 Å². The van der Waals surface area contributed by atoms with Gasteiger partial charge in [0.2, 0.25) is 0 Å². The van der Waals surface area contributed by atoms with Crippen molar-refractivity contribution in [2.24, 2.45) is 7.05 Å². The standard InChI is InChI=1S/C18H21N3O2/c1-11-5-3-6-12(19-11)8-9-14-16-15(13-7-4-10-21(13)14)17(22)20(2)18(16)23/h3,5-6,8-9,13-14,22-23H,4,7,10H2,1-2H3. The maximum absolute atomic E-state index is 10.4. The lowest BCUT2D eigenvalue weighted by Gasteiger charge is -2.22. The molecule has 2 aromatic rings. The predicted molar refractivity (Wildman–Crippen MR) is 88.2 cm³/mol. The van der Waals surface area contributed by atoms with Crippen molar-refractivity contribution in [1.29, 1.82) is 0 Å². The molecule has 0 aromatic carbocycles. The van der Waals surface area contributed by atoms with Crippen LogP contribution in [0.1, 0.15) is 47.4 Å². The molecule has 2 aliphatic rings. The molecule has 2 atom stereocenters. The van der Waals surface area contributed by atoms with Crippen LogP contribution in [0.4, 0.5) is 0 Å². The molecule has 2 unspecified atom stereocenters. The van der Waals surface area contributed by atoms with Gasteiger partial charge in [0, 0.05) is 29.9 Å². The van der Waals surface area contributed by atoms with E-state index in [-0.39, 0.29) is 23.8 Å². The van der Waals surface area contributed by atoms with Crippen molar-refractivity contribution >= 4 is 6.08 Å². The van der Waals surface area contributed by atoms with Crippen molar-refractivity contribution in [3.05, 3.63) is 46.8 Å².